The van der Waals surface area contributed by atoms with E-state index in [-0.39, 0.29) is 5.60 Å². The molecule has 1 aromatic heterocycles. The molecule has 0 fully saturated rings. The zero-order valence-electron chi connectivity index (χ0n) is 10.2. The molecule has 92 valence electrons. The minimum Gasteiger partial charge on any atom is -0.375 e. The Bertz CT molecular complexity index is 306. The number of rotatable bonds is 6. The zero-order chi connectivity index (χ0) is 12.0. The third-order valence-electron chi connectivity index (χ3n) is 1.99. The van der Waals surface area contributed by atoms with E-state index < -0.39 is 0 Å². The Morgan fingerprint density at radius 2 is 2.06 bits per heavy atom. The quantitative estimate of drug-likeness (QED) is 0.793. The molecule has 1 rings (SSSR count). The Hall–Kier alpha value is -0.0900. The summed E-state index contributed by atoms with van der Waals surface area (Å²) in [6, 6.07) is 4.03. The van der Waals surface area contributed by atoms with Crippen molar-refractivity contribution in [1.82, 2.24) is 5.32 Å². The van der Waals surface area contributed by atoms with E-state index >= 15 is 0 Å². The van der Waals surface area contributed by atoms with Crippen molar-refractivity contribution >= 4 is 22.9 Å². The second-order valence-electron chi connectivity index (χ2n) is 4.67. The molecule has 0 saturated carbocycles. The molecule has 0 unspecified atom stereocenters. The van der Waals surface area contributed by atoms with Gasteiger partial charge < -0.3 is 10.1 Å². The summed E-state index contributed by atoms with van der Waals surface area (Å²) in [5.74, 6) is 0. The van der Waals surface area contributed by atoms with Crippen LogP contribution in [0.5, 0.6) is 0 Å². The van der Waals surface area contributed by atoms with E-state index in [0.717, 1.165) is 30.5 Å². The minimum absolute atomic E-state index is 0.0387. The summed E-state index contributed by atoms with van der Waals surface area (Å²) in [5, 5.41) is 3.35. The molecule has 0 aromatic carbocycles. The van der Waals surface area contributed by atoms with Crippen LogP contribution in [0.2, 0.25) is 4.34 Å². The molecule has 1 heterocycles. The van der Waals surface area contributed by atoms with Crippen molar-refractivity contribution in [2.75, 3.05) is 19.7 Å². The molecule has 0 spiro atoms. The number of thiophene rings is 1. The fraction of sp³-hybridized carbons (Fsp3) is 0.667. The lowest BCUT2D eigenvalue weighted by Gasteiger charge is -2.19. The molecule has 4 heteroatoms. The molecule has 0 atom stereocenters. The second kappa shape index (κ2) is 6.60. The van der Waals surface area contributed by atoms with Gasteiger partial charge in [-0.3, -0.25) is 0 Å². The van der Waals surface area contributed by atoms with Crippen LogP contribution in [0.15, 0.2) is 12.1 Å². The molecule has 1 aromatic rings. The maximum Gasteiger partial charge on any atom is 0.0931 e. The van der Waals surface area contributed by atoms with Crippen LogP contribution in [0, 0.1) is 0 Å². The third kappa shape index (κ3) is 6.48. The van der Waals surface area contributed by atoms with Gasteiger partial charge in [0.15, 0.2) is 0 Å². The van der Waals surface area contributed by atoms with E-state index in [1.54, 1.807) is 11.3 Å². The predicted molar refractivity (Wildman–Crippen MR) is 71.6 cm³/mol. The van der Waals surface area contributed by atoms with Crippen molar-refractivity contribution in [2.24, 2.45) is 0 Å². The monoisotopic (exact) mass is 261 g/mol. The third-order valence-corrected chi connectivity index (χ3v) is 3.28. The fourth-order valence-corrected chi connectivity index (χ4v) is 2.34. The molecule has 0 saturated heterocycles. The average Bonchev–Trinajstić information content (AvgIpc) is 2.56. The predicted octanol–water partition coefficient (Wildman–Crippen LogP) is 3.35. The van der Waals surface area contributed by atoms with E-state index in [0.29, 0.717) is 0 Å². The van der Waals surface area contributed by atoms with Crippen molar-refractivity contribution in [3.63, 3.8) is 0 Å². The highest BCUT2D eigenvalue weighted by Gasteiger charge is 2.08. The molecule has 0 aliphatic rings. The Balaban J connectivity index is 2.00. The maximum atomic E-state index is 5.85. The smallest absolute Gasteiger partial charge is 0.0931 e. The summed E-state index contributed by atoms with van der Waals surface area (Å²) in [6.07, 6.45) is 1.03. The topological polar surface area (TPSA) is 21.3 Å². The van der Waals surface area contributed by atoms with Crippen molar-refractivity contribution < 1.29 is 4.74 Å². The van der Waals surface area contributed by atoms with Crippen molar-refractivity contribution in [1.29, 1.82) is 0 Å². The van der Waals surface area contributed by atoms with Crippen LogP contribution in [0.3, 0.4) is 0 Å². The van der Waals surface area contributed by atoms with Gasteiger partial charge in [-0.2, -0.15) is 0 Å². The summed E-state index contributed by atoms with van der Waals surface area (Å²) in [4.78, 5) is 1.33. The van der Waals surface area contributed by atoms with Crippen molar-refractivity contribution in [3.05, 3.63) is 21.3 Å². The lowest BCUT2D eigenvalue weighted by Crippen LogP contribution is -2.27. The summed E-state index contributed by atoms with van der Waals surface area (Å²) in [5.41, 5.74) is -0.0387. The Morgan fingerprint density at radius 3 is 2.62 bits per heavy atom. The van der Waals surface area contributed by atoms with Gasteiger partial charge in [-0.1, -0.05) is 11.6 Å². The first-order valence-electron chi connectivity index (χ1n) is 5.56. The summed E-state index contributed by atoms with van der Waals surface area (Å²) in [7, 11) is 0. The van der Waals surface area contributed by atoms with E-state index in [1.807, 2.05) is 6.07 Å². The summed E-state index contributed by atoms with van der Waals surface area (Å²) in [6.45, 7) is 8.84. The van der Waals surface area contributed by atoms with E-state index in [1.165, 1.54) is 4.88 Å². The van der Waals surface area contributed by atoms with Crippen LogP contribution in [0.1, 0.15) is 25.6 Å². The fourth-order valence-electron chi connectivity index (χ4n) is 1.25. The highest BCUT2D eigenvalue weighted by molar-refractivity contribution is 7.16. The van der Waals surface area contributed by atoms with Gasteiger partial charge in [0.1, 0.15) is 0 Å². The van der Waals surface area contributed by atoms with Crippen LogP contribution in [0.25, 0.3) is 0 Å². The molecule has 16 heavy (non-hydrogen) atoms. The van der Waals surface area contributed by atoms with Crippen LogP contribution in [-0.2, 0) is 11.2 Å². The normalized spacial score (nSPS) is 12.0. The minimum atomic E-state index is -0.0387. The molecule has 0 aliphatic carbocycles. The van der Waals surface area contributed by atoms with E-state index in [4.69, 9.17) is 16.3 Å². The van der Waals surface area contributed by atoms with Gasteiger partial charge in [0.25, 0.3) is 0 Å². The van der Waals surface area contributed by atoms with Gasteiger partial charge in [-0.15, -0.1) is 11.3 Å². The molecular weight excluding hydrogens is 242 g/mol. The van der Waals surface area contributed by atoms with Gasteiger partial charge in [0, 0.05) is 18.0 Å². The first-order chi connectivity index (χ1) is 7.47. The molecule has 0 bridgehead atoms. The van der Waals surface area contributed by atoms with Crippen LogP contribution in [0.4, 0.5) is 0 Å². The number of hydrogen-bond acceptors (Lipinski definition) is 3. The number of nitrogens with one attached hydrogen (secondary N) is 1. The zero-order valence-corrected chi connectivity index (χ0v) is 11.8. The summed E-state index contributed by atoms with van der Waals surface area (Å²) >= 11 is 7.50. The first kappa shape index (κ1) is 14.0. The number of ether oxygens (including phenoxy) is 1. The Kier molecular flexibility index (Phi) is 5.76. The summed E-state index contributed by atoms with van der Waals surface area (Å²) < 4.78 is 6.47. The highest BCUT2D eigenvalue weighted by atomic mass is 35.5. The SMILES string of the molecule is CC(C)(C)OCCNCCc1ccc(Cl)s1. The highest BCUT2D eigenvalue weighted by Crippen LogP contribution is 2.21. The molecule has 1 N–H and O–H groups in total. The van der Waals surface area contributed by atoms with Gasteiger partial charge in [0.2, 0.25) is 0 Å². The largest absolute Gasteiger partial charge is 0.375 e. The van der Waals surface area contributed by atoms with Crippen molar-refractivity contribution in [3.8, 4) is 0 Å². The Labute approximate surface area is 107 Å². The number of halogens is 1. The second-order valence-corrected chi connectivity index (χ2v) is 6.47. The molecule has 2 nitrogen and oxygen atoms in total. The van der Waals surface area contributed by atoms with E-state index in [9.17, 15) is 0 Å². The van der Waals surface area contributed by atoms with Gasteiger partial charge in [-0.25, -0.2) is 0 Å². The standard InChI is InChI=1S/C12H20ClNOS/c1-12(2,3)15-9-8-14-7-6-10-4-5-11(13)16-10/h4-5,14H,6-9H2,1-3H3. The lowest BCUT2D eigenvalue weighted by atomic mass is 10.2. The molecular formula is C12H20ClNOS. The number of hydrogen-bond donors (Lipinski definition) is 1. The Morgan fingerprint density at radius 1 is 1.31 bits per heavy atom. The lowest BCUT2D eigenvalue weighted by molar-refractivity contribution is -0.000706. The molecule has 0 amide bonds. The van der Waals surface area contributed by atoms with E-state index in [2.05, 4.69) is 32.2 Å². The van der Waals surface area contributed by atoms with Gasteiger partial charge in [-0.05, 0) is 39.3 Å². The molecule has 0 radical (unpaired) electrons. The maximum absolute atomic E-state index is 5.85. The van der Waals surface area contributed by atoms with Crippen LogP contribution >= 0.6 is 22.9 Å². The molecule has 0 aliphatic heterocycles. The van der Waals surface area contributed by atoms with Crippen LogP contribution in [-0.4, -0.2) is 25.3 Å². The average molecular weight is 262 g/mol. The van der Waals surface area contributed by atoms with Gasteiger partial charge in [0.05, 0.1) is 16.5 Å². The van der Waals surface area contributed by atoms with Crippen molar-refractivity contribution in [2.45, 2.75) is 32.8 Å². The first-order valence-corrected chi connectivity index (χ1v) is 6.76. The van der Waals surface area contributed by atoms with Gasteiger partial charge >= 0.3 is 0 Å². The van der Waals surface area contributed by atoms with Crippen LogP contribution < -0.4 is 5.32 Å².